The van der Waals surface area contributed by atoms with Gasteiger partial charge in [-0.1, -0.05) is 25.0 Å². The molecule has 1 aromatic carbocycles. The summed E-state index contributed by atoms with van der Waals surface area (Å²) in [6, 6.07) is 0. The van der Waals surface area contributed by atoms with Crippen LogP contribution in [0.25, 0.3) is 0 Å². The Morgan fingerprint density at radius 1 is 1.19 bits per heavy atom. The first-order valence-corrected chi connectivity index (χ1v) is 9.97. The van der Waals surface area contributed by atoms with Crippen LogP contribution in [-0.4, -0.2) is 11.6 Å². The largest absolute Gasteiger partial charge is 0.487 e. The summed E-state index contributed by atoms with van der Waals surface area (Å²) < 4.78 is 12.0. The van der Waals surface area contributed by atoms with Crippen molar-refractivity contribution in [2.45, 2.75) is 85.2 Å². The zero-order chi connectivity index (χ0) is 18.9. The third kappa shape index (κ3) is 3.82. The predicted molar refractivity (Wildman–Crippen MR) is 105 cm³/mol. The molecule has 0 amide bonds. The average Bonchev–Trinajstić information content (AvgIpc) is 3.10. The molecule has 1 atom stereocenters. The highest BCUT2D eigenvalue weighted by Gasteiger charge is 2.34. The van der Waals surface area contributed by atoms with E-state index in [1.165, 1.54) is 38.2 Å². The van der Waals surface area contributed by atoms with E-state index >= 15 is 0 Å². The number of benzene rings is 1. The lowest BCUT2D eigenvalue weighted by Gasteiger charge is -2.37. The molecule has 26 heavy (non-hydrogen) atoms. The van der Waals surface area contributed by atoms with Crippen LogP contribution >= 0.6 is 0 Å². The summed E-state index contributed by atoms with van der Waals surface area (Å²) in [4.78, 5) is 11.5. The fraction of sp³-hybridized carbons (Fsp3) is 0.609. The van der Waals surface area contributed by atoms with Crippen LogP contribution in [0, 0.1) is 26.7 Å². The number of ether oxygens (including phenoxy) is 2. The van der Waals surface area contributed by atoms with Gasteiger partial charge in [0, 0.05) is 18.9 Å². The van der Waals surface area contributed by atoms with Gasteiger partial charge in [-0.05, 0) is 76.0 Å². The molecular weight excluding hydrogens is 324 g/mol. The van der Waals surface area contributed by atoms with E-state index in [0.717, 1.165) is 47.6 Å². The van der Waals surface area contributed by atoms with Gasteiger partial charge in [0.2, 0.25) is 0 Å². The summed E-state index contributed by atoms with van der Waals surface area (Å²) in [5.74, 6) is 2.21. The predicted octanol–water partition coefficient (Wildman–Crippen LogP) is 5.76. The minimum atomic E-state index is -0.269. The first-order chi connectivity index (χ1) is 12.3. The summed E-state index contributed by atoms with van der Waals surface area (Å²) in [5.41, 5.74) is 4.17. The van der Waals surface area contributed by atoms with Gasteiger partial charge < -0.3 is 9.47 Å². The van der Waals surface area contributed by atoms with Crippen molar-refractivity contribution in [2.24, 2.45) is 5.92 Å². The van der Waals surface area contributed by atoms with E-state index in [1.54, 1.807) is 0 Å². The maximum absolute atomic E-state index is 11.5. The summed E-state index contributed by atoms with van der Waals surface area (Å²) in [7, 11) is 0. The molecule has 3 heteroatoms. The van der Waals surface area contributed by atoms with Crippen LogP contribution in [0.2, 0.25) is 0 Å². The minimum absolute atomic E-state index is 0.158. The molecule has 1 saturated carbocycles. The highest BCUT2D eigenvalue weighted by molar-refractivity contribution is 5.72. The second-order valence-corrected chi connectivity index (χ2v) is 8.33. The van der Waals surface area contributed by atoms with Gasteiger partial charge in [0.1, 0.15) is 17.1 Å². The van der Waals surface area contributed by atoms with Gasteiger partial charge in [-0.25, -0.2) is 0 Å². The molecule has 1 fully saturated rings. The van der Waals surface area contributed by atoms with Crippen LogP contribution in [0.1, 0.15) is 74.6 Å². The van der Waals surface area contributed by atoms with Crippen LogP contribution in [0.4, 0.5) is 0 Å². The molecule has 0 unspecified atom stereocenters. The second-order valence-electron chi connectivity index (χ2n) is 8.33. The number of hydrogen-bond donors (Lipinski definition) is 0. The molecule has 1 aliphatic heterocycles. The number of carbonyl (C=O) groups excluding carboxylic acids is 1. The molecule has 142 valence electrons. The Morgan fingerprint density at radius 3 is 2.54 bits per heavy atom. The number of fused-ring (bicyclic) bond motifs is 1. The standard InChI is InChI=1S/C23H32O3/c1-15-16(2)22-20(17(3)21(15)25-18(4)24)12-14-23(5,26-22)13-8-11-19-9-6-7-10-19/h8,11,19H,6-7,9-10,12-14H2,1-5H3/b11-8+/t23-/m1/s1. The normalized spacial score (nSPS) is 23.1. The van der Waals surface area contributed by atoms with Crippen molar-refractivity contribution in [2.75, 3.05) is 0 Å². The molecule has 0 spiro atoms. The van der Waals surface area contributed by atoms with Crippen LogP contribution in [-0.2, 0) is 11.2 Å². The molecule has 0 radical (unpaired) electrons. The van der Waals surface area contributed by atoms with Crippen LogP contribution in [0.15, 0.2) is 12.2 Å². The third-order valence-corrected chi connectivity index (χ3v) is 6.17. The van der Waals surface area contributed by atoms with Gasteiger partial charge in [-0.3, -0.25) is 4.79 Å². The van der Waals surface area contributed by atoms with E-state index in [0.29, 0.717) is 5.75 Å². The number of esters is 1. The van der Waals surface area contributed by atoms with Gasteiger partial charge in [0.05, 0.1) is 0 Å². The Bertz CT molecular complexity index is 726. The SMILES string of the molecule is CC(=O)Oc1c(C)c(C)c2c(c1C)CC[C@@](C)(C/C=C/C1CCCC1)O2. The first-order valence-electron chi connectivity index (χ1n) is 9.97. The molecule has 0 aromatic heterocycles. The van der Waals surface area contributed by atoms with Gasteiger partial charge in [-0.2, -0.15) is 0 Å². The smallest absolute Gasteiger partial charge is 0.308 e. The summed E-state index contributed by atoms with van der Waals surface area (Å²) in [6.45, 7) is 9.80. The highest BCUT2D eigenvalue weighted by Crippen LogP contribution is 2.44. The lowest BCUT2D eigenvalue weighted by Crippen LogP contribution is -2.36. The van der Waals surface area contributed by atoms with Crippen molar-refractivity contribution in [1.29, 1.82) is 0 Å². The van der Waals surface area contributed by atoms with Crippen LogP contribution in [0.3, 0.4) is 0 Å². The fourth-order valence-electron chi connectivity index (χ4n) is 4.38. The number of rotatable bonds is 4. The zero-order valence-corrected chi connectivity index (χ0v) is 16.9. The first kappa shape index (κ1) is 19.0. The van der Waals surface area contributed by atoms with Crippen molar-refractivity contribution in [3.05, 3.63) is 34.4 Å². The molecule has 0 saturated heterocycles. The van der Waals surface area contributed by atoms with Crippen molar-refractivity contribution in [1.82, 2.24) is 0 Å². The van der Waals surface area contributed by atoms with Crippen molar-refractivity contribution in [3.8, 4) is 11.5 Å². The lowest BCUT2D eigenvalue weighted by atomic mass is 9.85. The Hall–Kier alpha value is -1.77. The minimum Gasteiger partial charge on any atom is -0.487 e. The van der Waals surface area contributed by atoms with E-state index in [9.17, 15) is 4.79 Å². The monoisotopic (exact) mass is 356 g/mol. The Morgan fingerprint density at radius 2 is 1.88 bits per heavy atom. The Balaban J connectivity index is 1.82. The van der Waals surface area contributed by atoms with Gasteiger partial charge >= 0.3 is 5.97 Å². The van der Waals surface area contributed by atoms with E-state index < -0.39 is 0 Å². The quantitative estimate of drug-likeness (QED) is 0.391. The fourth-order valence-corrected chi connectivity index (χ4v) is 4.38. The topological polar surface area (TPSA) is 35.5 Å². The average molecular weight is 357 g/mol. The van der Waals surface area contributed by atoms with E-state index in [4.69, 9.17) is 9.47 Å². The molecule has 1 aromatic rings. The van der Waals surface area contributed by atoms with Gasteiger partial charge in [-0.15, -0.1) is 0 Å². The van der Waals surface area contributed by atoms with Crippen molar-refractivity contribution >= 4 is 5.97 Å². The molecular formula is C23H32O3. The number of carbonyl (C=O) groups is 1. The Kier molecular flexibility index (Phi) is 5.45. The third-order valence-electron chi connectivity index (χ3n) is 6.17. The second kappa shape index (κ2) is 7.46. The Labute approximate surface area is 157 Å². The maximum Gasteiger partial charge on any atom is 0.308 e. The zero-order valence-electron chi connectivity index (χ0n) is 16.9. The van der Waals surface area contributed by atoms with E-state index in [2.05, 4.69) is 26.0 Å². The summed E-state index contributed by atoms with van der Waals surface area (Å²) >= 11 is 0. The molecule has 0 bridgehead atoms. The van der Waals surface area contributed by atoms with Crippen molar-refractivity contribution < 1.29 is 14.3 Å². The van der Waals surface area contributed by atoms with Crippen molar-refractivity contribution in [3.63, 3.8) is 0 Å². The van der Waals surface area contributed by atoms with Gasteiger partial charge in [0.25, 0.3) is 0 Å². The van der Waals surface area contributed by atoms with Crippen LogP contribution in [0.5, 0.6) is 11.5 Å². The van der Waals surface area contributed by atoms with Gasteiger partial charge in [0.15, 0.2) is 0 Å². The molecule has 1 heterocycles. The van der Waals surface area contributed by atoms with E-state index in [1.807, 2.05) is 13.8 Å². The molecule has 3 nitrogen and oxygen atoms in total. The molecule has 0 N–H and O–H groups in total. The maximum atomic E-state index is 11.5. The highest BCUT2D eigenvalue weighted by atomic mass is 16.5. The summed E-state index contributed by atoms with van der Waals surface area (Å²) in [5, 5.41) is 0. The number of allylic oxidation sites excluding steroid dienone is 1. The van der Waals surface area contributed by atoms with Crippen LogP contribution < -0.4 is 9.47 Å². The number of hydrogen-bond acceptors (Lipinski definition) is 3. The summed E-state index contributed by atoms with van der Waals surface area (Å²) in [6.07, 6.45) is 13.1. The van der Waals surface area contributed by atoms with E-state index in [-0.39, 0.29) is 11.6 Å². The molecule has 1 aliphatic carbocycles. The molecule has 2 aliphatic rings. The molecule has 3 rings (SSSR count). The lowest BCUT2D eigenvalue weighted by molar-refractivity contribution is -0.132.